The van der Waals surface area contributed by atoms with Gasteiger partial charge in [0.15, 0.2) is 0 Å². The summed E-state index contributed by atoms with van der Waals surface area (Å²) in [6.45, 7) is 11.0. The van der Waals surface area contributed by atoms with Crippen molar-refractivity contribution in [2.45, 2.75) is 276 Å². The number of carbonyl (C=O) groups excluding carboxylic acids is 22. The summed E-state index contributed by atoms with van der Waals surface area (Å²) in [7, 11) is 0. The third-order valence-electron chi connectivity index (χ3n) is 23.8. The smallest absolute Gasteiger partial charge is 0.328 e. The second-order valence-corrected chi connectivity index (χ2v) is 36.9. The molecule has 0 radical (unpaired) electrons. The number of hydrogen-bond donors (Lipinski definition) is 31. The van der Waals surface area contributed by atoms with Crippen LogP contribution in [0.5, 0.6) is 0 Å². The molecule has 836 valence electrons. The molecule has 57 heteroatoms. The summed E-state index contributed by atoms with van der Waals surface area (Å²) in [6, 6.07) is -20.0. The number of nitrogens with two attached hydrogens (primary N) is 1. The Balaban J connectivity index is 2.21. The normalized spacial score (nSPS) is 16.2. The molecule has 21 atom stereocenters. The van der Waals surface area contributed by atoms with Crippen molar-refractivity contribution >= 4 is 148 Å². The predicted octanol–water partition coefficient (Wildman–Crippen LogP) is -12.8. The van der Waals surface area contributed by atoms with Crippen molar-refractivity contribution in [3.05, 3.63) is 35.9 Å². The molecule has 0 spiro atoms. The Bertz CT molecular complexity index is 4760. The highest BCUT2D eigenvalue weighted by molar-refractivity contribution is 6.03. The van der Waals surface area contributed by atoms with Crippen molar-refractivity contribution in [3.63, 3.8) is 0 Å². The van der Waals surface area contributed by atoms with Crippen molar-refractivity contribution in [2.24, 2.45) is 41.2 Å². The fraction of sp³-hybridized carbons (Fsp3) is 0.663. The van der Waals surface area contributed by atoms with Crippen LogP contribution >= 0.6 is 0 Å². The highest BCUT2D eigenvalue weighted by Crippen LogP contribution is 2.23. The third-order valence-corrected chi connectivity index (χ3v) is 23.8. The first-order valence-electron chi connectivity index (χ1n) is 48.6. The lowest BCUT2D eigenvalue weighted by Gasteiger charge is -2.32. The molecule has 0 aliphatic carbocycles. The van der Waals surface area contributed by atoms with E-state index in [0.29, 0.717) is 12.0 Å². The Morgan fingerprint density at radius 1 is 0.329 bits per heavy atom. The van der Waals surface area contributed by atoms with E-state index in [-0.39, 0.29) is 45.1 Å². The Morgan fingerprint density at radius 3 is 1.11 bits per heavy atom. The number of nitrogens with one attached hydrogen (secondary N) is 21. The summed E-state index contributed by atoms with van der Waals surface area (Å²) in [5.74, 6) is -31.1. The molecule has 0 unspecified atom stereocenters. The predicted molar refractivity (Wildman–Crippen MR) is 522 cm³/mol. The van der Waals surface area contributed by atoms with Crippen molar-refractivity contribution in [1.82, 2.24) is 117 Å². The molecular weight excluding hydrogens is 1970 g/mol. The van der Waals surface area contributed by atoms with Gasteiger partial charge in [0.2, 0.25) is 130 Å². The molecule has 0 bridgehead atoms. The Morgan fingerprint density at radius 2 is 0.664 bits per heavy atom. The molecule has 2 rings (SSSR count). The van der Waals surface area contributed by atoms with Crippen LogP contribution in [0.2, 0.25) is 0 Å². The lowest BCUT2D eigenvalue weighted by molar-refractivity contribution is -0.143. The van der Waals surface area contributed by atoms with E-state index in [2.05, 4.69) is 112 Å². The van der Waals surface area contributed by atoms with Crippen LogP contribution in [0.1, 0.15) is 167 Å². The molecule has 1 heterocycles. The zero-order valence-corrected chi connectivity index (χ0v) is 85.8. The summed E-state index contributed by atoms with van der Waals surface area (Å²) in [4.78, 5) is 335. The summed E-state index contributed by atoms with van der Waals surface area (Å²) in [5, 5.41) is 137. The van der Waals surface area contributed by atoms with E-state index < -0.39 is 390 Å². The van der Waals surface area contributed by atoms with Gasteiger partial charge in [0.1, 0.15) is 109 Å². The molecule has 1 aliphatic rings. The van der Waals surface area contributed by atoms with Crippen LogP contribution in [-0.2, 0) is 126 Å². The van der Waals surface area contributed by atoms with Gasteiger partial charge in [0, 0.05) is 25.8 Å². The fourth-order valence-electron chi connectivity index (χ4n) is 14.3. The van der Waals surface area contributed by atoms with Gasteiger partial charge in [-0.15, -0.1) is 0 Å². The van der Waals surface area contributed by atoms with E-state index in [1.54, 1.807) is 85.7 Å². The van der Waals surface area contributed by atoms with Crippen LogP contribution < -0.4 is 117 Å². The SMILES string of the molecule is CC[C@H](C)[C@H](NC(=O)CNC(=O)[C@H](Cc1ccccc1)NC(=O)CNC(=O)CNC(=O)[C@H](CO)NC(=O)[C@H](CO)NC(=O)[C@@H](NC(=O)[C@@H]1CCCN1C(=O)[C@@H](NC(=O)CNC(=O)[C@H](CCC(=O)O)NC(=O)[C@H](CCC(=O)O)NC(=O)[C@H](CO)NC(=O)[C@H](CC(C)C)NC(=O)[C@@H](NC(=O)[C@H](CO)NC(=O)CNC(=O)[C@@H](NC(=O)[C@H](C)NC(=O)[C@H](C)NC(=O)[C@@H](N)CO)C(C)C)[C@@H](C)CC)C(C)C)[C@@H](C)CC)C(=O)N[C@@H](CO)C(=O)O. The molecule has 149 heavy (non-hydrogen) atoms. The number of aliphatic carboxylic acids is 3. The van der Waals surface area contributed by atoms with E-state index in [1.165, 1.54) is 41.5 Å². The molecule has 1 aromatic rings. The maximum Gasteiger partial charge on any atom is 0.328 e. The standard InChI is InChI=1S/C92H149N23O34/c1-15-46(10)72(88(144)109-61(42-121)92(148)149)111-67(126)36-97-79(135)56(31-51-22-19-18-20-23-51)101-64(123)33-94-63(122)32-95-80(136)57(38-117)106-84(140)60(41-120)108-90(146)74(48(12)17-3)114-86(142)62-24-21-29-115(62)91(147)71(45(8)9)110-66(125)35-96-78(134)53(25-27-68(127)128)103-81(137)54(26-28-69(129)130)104-83(139)59(40-119)107-82(138)55(30-43(4)5)105-89(145)73(47(11)16-2)113-85(141)58(39-118)102-65(124)34-98-87(143)70(44(6)7)112-76(132)50(14)99-75(131)49(13)100-77(133)52(93)37-116/h18-20,22-23,43-50,52-62,70-74,116-121H,15-17,21,24-42,93H2,1-14H3,(H,94,122)(H,95,136)(H,96,134)(H,97,135)(H,98,143)(H,99,131)(H,100,133)(H,101,123)(H,102,124)(H,103,137)(H,104,139)(H,105,145)(H,106,140)(H,107,138)(H,108,146)(H,109,144)(H,110,125)(H,111,126)(H,112,132)(H,113,141)(H,114,142)(H,127,128)(H,129,130)(H,148,149)/t46-,47-,48-,49-,50-,52-,53-,54-,55-,56-,57-,58-,59-,60-,61-,62-,70-,71-,72-,73-,74-/m0/s1. The first kappa shape index (κ1) is 131. The number of rotatable bonds is 68. The first-order chi connectivity index (χ1) is 70.0. The zero-order chi connectivity index (χ0) is 113. The van der Waals surface area contributed by atoms with Gasteiger partial charge in [-0.05, 0) is 87.0 Å². The van der Waals surface area contributed by atoms with Crippen LogP contribution in [0.15, 0.2) is 30.3 Å². The van der Waals surface area contributed by atoms with E-state index in [0.717, 1.165) is 4.90 Å². The quantitative estimate of drug-likeness (QED) is 0.0288. The van der Waals surface area contributed by atoms with E-state index in [1.807, 2.05) is 0 Å². The van der Waals surface area contributed by atoms with Crippen LogP contribution in [0.3, 0.4) is 0 Å². The Kier molecular flexibility index (Phi) is 58.6. The summed E-state index contributed by atoms with van der Waals surface area (Å²) >= 11 is 0. The zero-order valence-electron chi connectivity index (χ0n) is 85.8. The van der Waals surface area contributed by atoms with Gasteiger partial charge < -0.3 is 168 Å². The topological polar surface area (TPSA) is 891 Å². The van der Waals surface area contributed by atoms with Crippen LogP contribution in [-0.4, -0.2) is 386 Å². The molecule has 1 aliphatic heterocycles. The second-order valence-electron chi connectivity index (χ2n) is 36.9. The number of hydrogen-bond acceptors (Lipinski definition) is 32. The van der Waals surface area contributed by atoms with Gasteiger partial charge in [-0.3, -0.25) is 115 Å². The largest absolute Gasteiger partial charge is 0.481 e. The van der Waals surface area contributed by atoms with Crippen molar-refractivity contribution in [3.8, 4) is 0 Å². The summed E-state index contributed by atoms with van der Waals surface area (Å²) < 4.78 is 0. The summed E-state index contributed by atoms with van der Waals surface area (Å²) in [5.41, 5.74) is 6.01. The number of carboxylic acids is 3. The highest BCUT2D eigenvalue weighted by Gasteiger charge is 2.44. The second kappa shape index (κ2) is 66.8. The van der Waals surface area contributed by atoms with Gasteiger partial charge in [-0.1, -0.05) is 133 Å². The number of aliphatic hydroxyl groups is 6. The number of carboxylic acid groups (broad SMARTS) is 3. The van der Waals surface area contributed by atoms with Crippen LogP contribution in [0.4, 0.5) is 0 Å². The van der Waals surface area contributed by atoms with Crippen molar-refractivity contribution in [2.75, 3.05) is 78.9 Å². The lowest BCUT2D eigenvalue weighted by Crippen LogP contribution is -2.61. The van der Waals surface area contributed by atoms with Crippen molar-refractivity contribution in [1.29, 1.82) is 0 Å². The maximum absolute atomic E-state index is 14.5. The molecule has 57 nitrogen and oxygen atoms in total. The van der Waals surface area contributed by atoms with E-state index in [4.69, 9.17) is 10.8 Å². The number of nitrogens with zero attached hydrogens (tertiary/aromatic N) is 1. The van der Waals surface area contributed by atoms with Crippen molar-refractivity contribution < 1.29 is 166 Å². The molecule has 1 aromatic carbocycles. The highest BCUT2D eigenvalue weighted by atomic mass is 16.4. The number of carbonyl (C=O) groups is 25. The van der Waals surface area contributed by atoms with Gasteiger partial charge in [0.05, 0.1) is 72.4 Å². The minimum atomic E-state index is -2.00. The fourth-order valence-corrected chi connectivity index (χ4v) is 14.3. The molecule has 0 saturated carbocycles. The molecular formula is C92H149N23O34. The number of likely N-dealkylation sites (tertiary alicyclic amines) is 1. The van der Waals surface area contributed by atoms with Gasteiger partial charge in [-0.25, -0.2) is 4.79 Å². The van der Waals surface area contributed by atoms with Crippen LogP contribution in [0.25, 0.3) is 0 Å². The molecule has 22 amide bonds. The first-order valence-corrected chi connectivity index (χ1v) is 48.6. The lowest BCUT2D eigenvalue weighted by atomic mass is 9.96. The average molecular weight is 2120 g/mol. The molecule has 32 N–H and O–H groups in total. The maximum atomic E-state index is 14.5. The van der Waals surface area contributed by atoms with E-state index in [9.17, 15) is 161 Å². The molecule has 1 fully saturated rings. The Labute approximate surface area is 859 Å². The number of benzene rings is 1. The van der Waals surface area contributed by atoms with Gasteiger partial charge >= 0.3 is 17.9 Å². The van der Waals surface area contributed by atoms with E-state index >= 15 is 0 Å². The van der Waals surface area contributed by atoms with Gasteiger partial charge in [0.25, 0.3) is 0 Å². The molecule has 0 aromatic heterocycles. The Hall–Kier alpha value is -14.3. The number of aliphatic hydroxyl groups excluding tert-OH is 6. The molecule has 1 saturated heterocycles. The van der Waals surface area contributed by atoms with Crippen LogP contribution in [0, 0.1) is 35.5 Å². The number of amides is 22. The summed E-state index contributed by atoms with van der Waals surface area (Å²) in [6.07, 6.45) is -2.62. The minimum absolute atomic E-state index is 0.000700. The monoisotopic (exact) mass is 2120 g/mol. The average Bonchev–Trinajstić information content (AvgIpc) is 1.51. The third kappa shape index (κ3) is 45.9. The minimum Gasteiger partial charge on any atom is -0.481 e. The van der Waals surface area contributed by atoms with Gasteiger partial charge in [-0.2, -0.15) is 0 Å².